The molecule has 4 nitrogen and oxygen atoms in total. The number of hydrogen-bond acceptors (Lipinski definition) is 4. The van der Waals surface area contributed by atoms with E-state index in [0.717, 1.165) is 44.0 Å². The lowest BCUT2D eigenvalue weighted by Crippen LogP contribution is -2.44. The van der Waals surface area contributed by atoms with Crippen LogP contribution >= 0.6 is 12.4 Å². The van der Waals surface area contributed by atoms with E-state index in [0.29, 0.717) is 0 Å². The molecule has 1 fully saturated rings. The summed E-state index contributed by atoms with van der Waals surface area (Å²) in [6, 6.07) is 7.99. The first kappa shape index (κ1) is 21.1. The van der Waals surface area contributed by atoms with E-state index in [4.69, 9.17) is 9.47 Å². The number of halogens is 1. The lowest BCUT2D eigenvalue weighted by Gasteiger charge is -2.32. The SMILES string of the molecule is CCCCOc1ccc(OCCCCN2CCN(C)CC2)cc1.Cl. The predicted octanol–water partition coefficient (Wildman–Crippen LogP) is 3.69. The number of unbranched alkanes of at least 4 members (excludes halogenated alkanes) is 2. The molecule has 1 heterocycles. The van der Waals surface area contributed by atoms with Crippen LogP contribution in [0.15, 0.2) is 24.3 Å². The molecule has 0 spiro atoms. The standard InChI is InChI=1S/C19H32N2O2.ClH/c1-3-4-16-22-18-7-9-19(10-8-18)23-17-6-5-11-21-14-12-20(2)13-15-21;/h7-10H,3-6,11-17H2,1-2H3;1H. The second-order valence-electron chi connectivity index (χ2n) is 6.37. The fourth-order valence-corrected chi connectivity index (χ4v) is 2.67. The van der Waals surface area contributed by atoms with Gasteiger partial charge in [-0.3, -0.25) is 0 Å². The van der Waals surface area contributed by atoms with Gasteiger partial charge in [-0.1, -0.05) is 13.3 Å². The van der Waals surface area contributed by atoms with Gasteiger partial charge in [0, 0.05) is 26.2 Å². The molecule has 1 aliphatic heterocycles. The number of rotatable bonds is 10. The van der Waals surface area contributed by atoms with Gasteiger partial charge < -0.3 is 19.3 Å². The molecule has 0 aliphatic carbocycles. The minimum Gasteiger partial charge on any atom is -0.494 e. The summed E-state index contributed by atoms with van der Waals surface area (Å²) in [5, 5.41) is 0. The fourth-order valence-electron chi connectivity index (χ4n) is 2.67. The highest BCUT2D eigenvalue weighted by atomic mass is 35.5. The van der Waals surface area contributed by atoms with E-state index in [2.05, 4.69) is 23.8 Å². The van der Waals surface area contributed by atoms with Crippen LogP contribution in [0.25, 0.3) is 0 Å². The minimum absolute atomic E-state index is 0. The van der Waals surface area contributed by atoms with Gasteiger partial charge in [0.25, 0.3) is 0 Å². The Hall–Kier alpha value is -0.970. The molecule has 1 aromatic carbocycles. The van der Waals surface area contributed by atoms with Crippen LogP contribution in [0.3, 0.4) is 0 Å². The summed E-state index contributed by atoms with van der Waals surface area (Å²) in [6.07, 6.45) is 4.59. The summed E-state index contributed by atoms with van der Waals surface area (Å²) in [4.78, 5) is 4.96. The third-order valence-electron chi connectivity index (χ3n) is 4.32. The topological polar surface area (TPSA) is 24.9 Å². The molecule has 0 radical (unpaired) electrons. The average molecular weight is 357 g/mol. The largest absolute Gasteiger partial charge is 0.494 e. The maximum absolute atomic E-state index is 5.81. The lowest BCUT2D eigenvalue weighted by atomic mass is 10.2. The van der Waals surface area contributed by atoms with Crippen molar-refractivity contribution in [2.45, 2.75) is 32.6 Å². The highest BCUT2D eigenvalue weighted by molar-refractivity contribution is 5.85. The molecule has 0 unspecified atom stereocenters. The number of ether oxygens (including phenoxy) is 2. The van der Waals surface area contributed by atoms with Gasteiger partial charge in [0.15, 0.2) is 0 Å². The van der Waals surface area contributed by atoms with Gasteiger partial charge in [-0.15, -0.1) is 12.4 Å². The lowest BCUT2D eigenvalue weighted by molar-refractivity contribution is 0.150. The van der Waals surface area contributed by atoms with E-state index in [9.17, 15) is 0 Å². The number of hydrogen-bond donors (Lipinski definition) is 0. The van der Waals surface area contributed by atoms with Crippen molar-refractivity contribution in [3.05, 3.63) is 24.3 Å². The van der Waals surface area contributed by atoms with Crippen molar-refractivity contribution in [3.8, 4) is 11.5 Å². The zero-order chi connectivity index (χ0) is 16.3. The van der Waals surface area contributed by atoms with Crippen LogP contribution in [0.2, 0.25) is 0 Å². The summed E-state index contributed by atoms with van der Waals surface area (Å²) >= 11 is 0. The number of likely N-dealkylation sites (N-methyl/N-ethyl adjacent to an activating group) is 1. The Labute approximate surface area is 153 Å². The van der Waals surface area contributed by atoms with Gasteiger partial charge in [0.05, 0.1) is 13.2 Å². The molecule has 1 aromatic rings. The molecular weight excluding hydrogens is 324 g/mol. The van der Waals surface area contributed by atoms with E-state index >= 15 is 0 Å². The molecule has 0 aromatic heterocycles. The second-order valence-corrected chi connectivity index (χ2v) is 6.37. The first-order valence-corrected chi connectivity index (χ1v) is 9.04. The van der Waals surface area contributed by atoms with E-state index in [1.165, 1.54) is 39.1 Å². The van der Waals surface area contributed by atoms with Crippen molar-refractivity contribution in [1.82, 2.24) is 9.80 Å². The maximum atomic E-state index is 5.81. The quantitative estimate of drug-likeness (QED) is 0.597. The van der Waals surface area contributed by atoms with Crippen LogP contribution in [0.1, 0.15) is 32.6 Å². The highest BCUT2D eigenvalue weighted by Crippen LogP contribution is 2.18. The van der Waals surface area contributed by atoms with Gasteiger partial charge in [0.1, 0.15) is 11.5 Å². The van der Waals surface area contributed by atoms with E-state index in [-0.39, 0.29) is 12.4 Å². The van der Waals surface area contributed by atoms with Gasteiger partial charge in [-0.05, 0) is 57.1 Å². The van der Waals surface area contributed by atoms with Crippen LogP contribution in [0.4, 0.5) is 0 Å². The second kappa shape index (κ2) is 12.4. The Kier molecular flexibility index (Phi) is 10.9. The Morgan fingerprint density at radius 2 is 1.38 bits per heavy atom. The van der Waals surface area contributed by atoms with Crippen molar-refractivity contribution in [2.24, 2.45) is 0 Å². The molecule has 24 heavy (non-hydrogen) atoms. The van der Waals surface area contributed by atoms with Gasteiger partial charge in [-0.2, -0.15) is 0 Å². The van der Waals surface area contributed by atoms with Crippen molar-refractivity contribution >= 4 is 12.4 Å². The third kappa shape index (κ3) is 8.22. The van der Waals surface area contributed by atoms with Crippen LogP contribution in [0.5, 0.6) is 11.5 Å². The summed E-state index contributed by atoms with van der Waals surface area (Å²) in [5.74, 6) is 1.87. The number of nitrogens with zero attached hydrogens (tertiary/aromatic N) is 2. The number of benzene rings is 1. The Morgan fingerprint density at radius 1 is 0.833 bits per heavy atom. The molecule has 0 saturated carbocycles. The van der Waals surface area contributed by atoms with Gasteiger partial charge in [-0.25, -0.2) is 0 Å². The molecule has 0 bridgehead atoms. The minimum atomic E-state index is 0. The van der Waals surface area contributed by atoms with E-state index in [1.807, 2.05) is 24.3 Å². The first-order valence-electron chi connectivity index (χ1n) is 9.04. The van der Waals surface area contributed by atoms with Crippen molar-refractivity contribution < 1.29 is 9.47 Å². The van der Waals surface area contributed by atoms with E-state index < -0.39 is 0 Å². The molecule has 0 atom stereocenters. The average Bonchev–Trinajstić information content (AvgIpc) is 2.58. The highest BCUT2D eigenvalue weighted by Gasteiger charge is 2.12. The summed E-state index contributed by atoms with van der Waals surface area (Å²) in [7, 11) is 2.20. The van der Waals surface area contributed by atoms with Crippen molar-refractivity contribution in [3.63, 3.8) is 0 Å². The summed E-state index contributed by atoms with van der Waals surface area (Å²) in [5.41, 5.74) is 0. The smallest absolute Gasteiger partial charge is 0.119 e. The Balaban J connectivity index is 0.00000288. The van der Waals surface area contributed by atoms with Crippen LogP contribution < -0.4 is 9.47 Å². The summed E-state index contributed by atoms with van der Waals surface area (Å²) < 4.78 is 11.5. The molecular formula is C19H33ClN2O2. The number of piperazine rings is 1. The van der Waals surface area contributed by atoms with Crippen LogP contribution in [0, 0.1) is 0 Å². The molecule has 0 N–H and O–H groups in total. The predicted molar refractivity (Wildman–Crippen MR) is 103 cm³/mol. The molecule has 138 valence electrons. The normalized spacial score (nSPS) is 15.8. The Bertz CT molecular complexity index is 420. The Morgan fingerprint density at radius 3 is 1.92 bits per heavy atom. The molecule has 5 heteroatoms. The molecule has 0 amide bonds. The molecule has 1 saturated heterocycles. The summed E-state index contributed by atoms with van der Waals surface area (Å²) in [6.45, 7) is 9.76. The van der Waals surface area contributed by atoms with Gasteiger partial charge >= 0.3 is 0 Å². The van der Waals surface area contributed by atoms with Crippen molar-refractivity contribution in [2.75, 3.05) is 53.0 Å². The fraction of sp³-hybridized carbons (Fsp3) is 0.684. The molecule has 1 aliphatic rings. The maximum Gasteiger partial charge on any atom is 0.119 e. The molecule has 2 rings (SSSR count). The van der Waals surface area contributed by atoms with E-state index in [1.54, 1.807) is 0 Å². The monoisotopic (exact) mass is 356 g/mol. The first-order chi connectivity index (χ1) is 11.3. The zero-order valence-corrected chi connectivity index (χ0v) is 16.0. The van der Waals surface area contributed by atoms with Crippen molar-refractivity contribution in [1.29, 1.82) is 0 Å². The van der Waals surface area contributed by atoms with Crippen LogP contribution in [-0.4, -0.2) is 62.8 Å². The van der Waals surface area contributed by atoms with Crippen LogP contribution in [-0.2, 0) is 0 Å². The third-order valence-corrected chi connectivity index (χ3v) is 4.32. The zero-order valence-electron chi connectivity index (χ0n) is 15.2. The van der Waals surface area contributed by atoms with Gasteiger partial charge in [0.2, 0.25) is 0 Å².